The molecule has 0 radical (unpaired) electrons. The molecule has 1 saturated carbocycles. The normalized spacial score (nSPS) is 32.3. The summed E-state index contributed by atoms with van der Waals surface area (Å²) < 4.78 is 19.2. The Hall–Kier alpha value is -0.800. The lowest BCUT2D eigenvalue weighted by Gasteiger charge is -2.60. The molecule has 0 aromatic heterocycles. The van der Waals surface area contributed by atoms with Crippen molar-refractivity contribution in [1.82, 2.24) is 0 Å². The zero-order chi connectivity index (χ0) is 13.6. The van der Waals surface area contributed by atoms with Crippen molar-refractivity contribution in [3.05, 3.63) is 29.0 Å². The first-order chi connectivity index (χ1) is 9.00. The number of fused-ring (bicyclic) bond motifs is 1. The quantitative estimate of drug-likeness (QED) is 0.882. The van der Waals surface area contributed by atoms with E-state index in [1.54, 1.807) is 6.07 Å². The summed E-state index contributed by atoms with van der Waals surface area (Å²) in [5.41, 5.74) is 0.740. The first-order valence-corrected chi connectivity index (χ1v) is 7.21. The number of hydrogen-bond acceptors (Lipinski definition) is 2. The molecule has 104 valence electrons. The molecule has 3 unspecified atom stereocenters. The topological polar surface area (TPSA) is 21.3 Å². The summed E-state index contributed by atoms with van der Waals surface area (Å²) in [5, 5.41) is 3.99. The summed E-state index contributed by atoms with van der Waals surface area (Å²) in [6.45, 7) is 5.26. The third kappa shape index (κ3) is 2.13. The van der Waals surface area contributed by atoms with Gasteiger partial charge in [-0.25, -0.2) is 4.39 Å². The fraction of sp³-hybridized carbons (Fsp3) is 0.600. The van der Waals surface area contributed by atoms with Gasteiger partial charge in [-0.3, -0.25) is 0 Å². The Labute approximate surface area is 118 Å². The Morgan fingerprint density at radius 1 is 1.42 bits per heavy atom. The highest BCUT2D eigenvalue weighted by Crippen LogP contribution is 2.52. The maximum Gasteiger partial charge on any atom is 0.125 e. The van der Waals surface area contributed by atoms with Crippen molar-refractivity contribution in [2.75, 3.05) is 11.9 Å². The number of nitrogens with one attached hydrogen (secondary N) is 1. The van der Waals surface area contributed by atoms with Gasteiger partial charge in [-0.15, -0.1) is 0 Å². The van der Waals surface area contributed by atoms with E-state index >= 15 is 0 Å². The van der Waals surface area contributed by atoms with Gasteiger partial charge in [0.2, 0.25) is 0 Å². The van der Waals surface area contributed by atoms with Gasteiger partial charge in [-0.1, -0.05) is 25.4 Å². The second kappa shape index (κ2) is 4.64. The molecule has 1 aromatic rings. The van der Waals surface area contributed by atoms with Crippen LogP contribution in [-0.4, -0.2) is 18.8 Å². The van der Waals surface area contributed by atoms with Crippen LogP contribution in [0.5, 0.6) is 0 Å². The van der Waals surface area contributed by atoms with E-state index in [0.717, 1.165) is 13.0 Å². The van der Waals surface area contributed by atoms with Crippen molar-refractivity contribution in [2.45, 2.75) is 38.8 Å². The minimum absolute atomic E-state index is 0.0563. The molecule has 2 nitrogen and oxygen atoms in total. The highest BCUT2D eigenvalue weighted by atomic mass is 35.5. The number of hydrogen-bond donors (Lipinski definition) is 1. The standard InChI is InChI=1S/C15H19ClFNO/c1-15(2)13(10-4-3-7-19-14(10)15)18-12-8-9(17)5-6-11(12)16/h5-6,8,10,13-14,18H,3-4,7H2,1-2H3. The lowest BCUT2D eigenvalue weighted by Crippen LogP contribution is -2.67. The zero-order valence-electron chi connectivity index (χ0n) is 11.2. The summed E-state index contributed by atoms with van der Waals surface area (Å²) in [7, 11) is 0. The molecule has 1 heterocycles. The second-order valence-corrected chi connectivity index (χ2v) is 6.57. The highest BCUT2D eigenvalue weighted by molar-refractivity contribution is 6.33. The van der Waals surface area contributed by atoms with Gasteiger partial charge in [-0.05, 0) is 31.0 Å². The monoisotopic (exact) mass is 283 g/mol. The van der Waals surface area contributed by atoms with E-state index in [1.165, 1.54) is 18.6 Å². The number of ether oxygens (including phenoxy) is 1. The van der Waals surface area contributed by atoms with Gasteiger partial charge in [0.25, 0.3) is 0 Å². The molecule has 3 atom stereocenters. The predicted octanol–water partition coefficient (Wildman–Crippen LogP) is 4.09. The number of halogens is 2. The van der Waals surface area contributed by atoms with Crippen LogP contribution in [0.4, 0.5) is 10.1 Å². The van der Waals surface area contributed by atoms with Gasteiger partial charge in [0.1, 0.15) is 5.82 Å². The minimum Gasteiger partial charge on any atom is -0.380 e. The first kappa shape index (κ1) is 13.2. The molecule has 1 aliphatic carbocycles. The van der Waals surface area contributed by atoms with Crippen LogP contribution >= 0.6 is 11.6 Å². The summed E-state index contributed by atoms with van der Waals surface area (Å²) in [6, 6.07) is 4.73. The molecule has 0 amide bonds. The van der Waals surface area contributed by atoms with Crippen LogP contribution in [0.3, 0.4) is 0 Å². The van der Waals surface area contributed by atoms with Crippen LogP contribution in [0, 0.1) is 17.2 Å². The molecular formula is C15H19ClFNO. The molecule has 19 heavy (non-hydrogen) atoms. The van der Waals surface area contributed by atoms with E-state index < -0.39 is 0 Å². The lowest BCUT2D eigenvalue weighted by molar-refractivity contribution is -0.177. The Kier molecular flexibility index (Phi) is 3.22. The van der Waals surface area contributed by atoms with Gasteiger partial charge in [0, 0.05) is 24.0 Å². The van der Waals surface area contributed by atoms with Crippen molar-refractivity contribution in [3.63, 3.8) is 0 Å². The molecule has 0 spiro atoms. The lowest BCUT2D eigenvalue weighted by atomic mass is 9.55. The Morgan fingerprint density at radius 2 is 2.21 bits per heavy atom. The van der Waals surface area contributed by atoms with Crippen LogP contribution in [0.1, 0.15) is 26.7 Å². The number of benzene rings is 1. The van der Waals surface area contributed by atoms with Crippen LogP contribution in [0.25, 0.3) is 0 Å². The summed E-state index contributed by atoms with van der Waals surface area (Å²) in [5.74, 6) is 0.239. The average Bonchev–Trinajstić information content (AvgIpc) is 2.39. The molecule has 1 N–H and O–H groups in total. The molecule has 2 aliphatic rings. The third-order valence-corrected chi connectivity index (χ3v) is 4.90. The van der Waals surface area contributed by atoms with E-state index in [2.05, 4.69) is 19.2 Å². The van der Waals surface area contributed by atoms with Gasteiger partial charge < -0.3 is 10.1 Å². The Balaban J connectivity index is 1.81. The minimum atomic E-state index is -0.263. The molecule has 1 saturated heterocycles. The van der Waals surface area contributed by atoms with E-state index in [1.807, 2.05) is 0 Å². The fourth-order valence-corrected chi connectivity index (χ4v) is 3.76. The Morgan fingerprint density at radius 3 is 3.00 bits per heavy atom. The fourth-order valence-electron chi connectivity index (χ4n) is 3.59. The Bertz CT molecular complexity index is 491. The van der Waals surface area contributed by atoms with Crippen molar-refractivity contribution in [2.24, 2.45) is 11.3 Å². The van der Waals surface area contributed by atoms with E-state index in [0.29, 0.717) is 22.7 Å². The summed E-state index contributed by atoms with van der Waals surface area (Å²) in [6.07, 6.45) is 2.58. The zero-order valence-corrected chi connectivity index (χ0v) is 12.0. The maximum absolute atomic E-state index is 13.3. The van der Waals surface area contributed by atoms with Crippen LogP contribution in [0.15, 0.2) is 18.2 Å². The van der Waals surface area contributed by atoms with E-state index in [4.69, 9.17) is 16.3 Å². The van der Waals surface area contributed by atoms with Gasteiger partial charge in [-0.2, -0.15) is 0 Å². The smallest absolute Gasteiger partial charge is 0.125 e. The van der Waals surface area contributed by atoms with E-state index in [-0.39, 0.29) is 17.3 Å². The number of anilines is 1. The van der Waals surface area contributed by atoms with Gasteiger partial charge in [0.05, 0.1) is 16.8 Å². The molecule has 4 heteroatoms. The average molecular weight is 284 g/mol. The van der Waals surface area contributed by atoms with E-state index in [9.17, 15) is 4.39 Å². The molecule has 2 fully saturated rings. The first-order valence-electron chi connectivity index (χ1n) is 6.83. The predicted molar refractivity (Wildman–Crippen MR) is 75.1 cm³/mol. The van der Waals surface area contributed by atoms with Crippen molar-refractivity contribution in [1.29, 1.82) is 0 Å². The highest BCUT2D eigenvalue weighted by Gasteiger charge is 2.57. The summed E-state index contributed by atoms with van der Waals surface area (Å²) in [4.78, 5) is 0. The maximum atomic E-state index is 13.3. The van der Waals surface area contributed by atoms with Crippen LogP contribution in [-0.2, 0) is 4.74 Å². The molecule has 3 rings (SSSR count). The third-order valence-electron chi connectivity index (χ3n) is 4.57. The van der Waals surface area contributed by atoms with Crippen molar-refractivity contribution < 1.29 is 9.13 Å². The second-order valence-electron chi connectivity index (χ2n) is 6.17. The SMILES string of the molecule is CC1(C)C(Nc2cc(F)ccc2Cl)C2CCCOC21. The van der Waals surface area contributed by atoms with Gasteiger partial charge in [0.15, 0.2) is 0 Å². The van der Waals surface area contributed by atoms with Crippen molar-refractivity contribution >= 4 is 17.3 Å². The molecular weight excluding hydrogens is 265 g/mol. The number of rotatable bonds is 2. The molecule has 0 bridgehead atoms. The van der Waals surface area contributed by atoms with Crippen LogP contribution < -0.4 is 5.32 Å². The molecule has 1 aliphatic heterocycles. The molecule has 1 aromatic carbocycles. The van der Waals surface area contributed by atoms with Crippen LogP contribution in [0.2, 0.25) is 5.02 Å². The van der Waals surface area contributed by atoms with Gasteiger partial charge >= 0.3 is 0 Å². The summed E-state index contributed by atoms with van der Waals surface area (Å²) >= 11 is 6.13. The largest absolute Gasteiger partial charge is 0.380 e. The van der Waals surface area contributed by atoms with Crippen molar-refractivity contribution in [3.8, 4) is 0 Å².